The minimum absolute atomic E-state index is 0.0421. The quantitative estimate of drug-likeness (QED) is 0.519. The third-order valence-electron chi connectivity index (χ3n) is 2.35. The number of nitrogens with zero attached hydrogens (tertiary/aromatic N) is 3. The van der Waals surface area contributed by atoms with Crippen LogP contribution in [0, 0.1) is 0 Å². The molecule has 0 unspecified atom stereocenters. The number of carbonyl (C=O) groups is 3. The highest BCUT2D eigenvalue weighted by Gasteiger charge is 2.41. The summed E-state index contributed by atoms with van der Waals surface area (Å²) in [5.41, 5.74) is 0. The molecular weight excluding hydrogens is 226 g/mol. The minimum atomic E-state index is -0.739. The van der Waals surface area contributed by atoms with Crippen molar-refractivity contribution in [1.82, 2.24) is 15.5 Å². The molecule has 8 heteroatoms. The van der Waals surface area contributed by atoms with Gasteiger partial charge in [0.05, 0.1) is 6.34 Å². The first kappa shape index (κ1) is 11.2. The van der Waals surface area contributed by atoms with Crippen LogP contribution in [-0.4, -0.2) is 47.1 Å². The standard InChI is InChI=1S/C9H11N5O3/c1-4(15)11-9-12-7-6(8(17)13-9)10-3-14(7)5(2)16/h3,6-7H,1-2H3,(H2,11,12,13,15,17)/t6-,7+/m1/s1. The van der Waals surface area contributed by atoms with Crippen LogP contribution in [0.5, 0.6) is 0 Å². The molecule has 0 saturated carbocycles. The van der Waals surface area contributed by atoms with Crippen molar-refractivity contribution in [2.24, 2.45) is 9.98 Å². The molecule has 0 saturated heterocycles. The number of amides is 3. The number of hydrogen-bond acceptors (Lipinski definition) is 5. The van der Waals surface area contributed by atoms with Crippen LogP contribution >= 0.6 is 0 Å². The first-order valence-electron chi connectivity index (χ1n) is 4.97. The number of fused-ring (bicyclic) bond motifs is 1. The molecule has 3 amide bonds. The number of aliphatic imine (C=N–C) groups is 2. The summed E-state index contributed by atoms with van der Waals surface area (Å²) >= 11 is 0. The molecule has 90 valence electrons. The Balaban J connectivity index is 2.26. The zero-order valence-corrected chi connectivity index (χ0v) is 9.30. The summed E-state index contributed by atoms with van der Waals surface area (Å²) in [5.74, 6) is -0.966. The first-order valence-corrected chi connectivity index (χ1v) is 4.97. The van der Waals surface area contributed by atoms with Crippen LogP contribution in [0.15, 0.2) is 9.98 Å². The smallest absolute Gasteiger partial charge is 0.255 e. The van der Waals surface area contributed by atoms with Crippen LogP contribution in [0.1, 0.15) is 13.8 Å². The molecule has 2 heterocycles. The van der Waals surface area contributed by atoms with Crippen LogP contribution in [0.25, 0.3) is 0 Å². The Morgan fingerprint density at radius 3 is 2.76 bits per heavy atom. The van der Waals surface area contributed by atoms with Gasteiger partial charge in [-0.05, 0) is 0 Å². The molecule has 2 aliphatic heterocycles. The van der Waals surface area contributed by atoms with Crippen molar-refractivity contribution < 1.29 is 14.4 Å². The minimum Gasteiger partial charge on any atom is -0.297 e. The Kier molecular flexibility index (Phi) is 2.62. The lowest BCUT2D eigenvalue weighted by Crippen LogP contribution is -2.56. The van der Waals surface area contributed by atoms with Gasteiger partial charge in [0.2, 0.25) is 17.8 Å². The largest absolute Gasteiger partial charge is 0.297 e. The fourth-order valence-corrected chi connectivity index (χ4v) is 1.63. The summed E-state index contributed by atoms with van der Waals surface area (Å²) in [5, 5.41) is 4.78. The van der Waals surface area contributed by atoms with E-state index in [4.69, 9.17) is 0 Å². The van der Waals surface area contributed by atoms with Gasteiger partial charge in [-0.3, -0.25) is 34.9 Å². The second-order valence-electron chi connectivity index (χ2n) is 3.70. The Bertz CT molecular complexity index is 456. The number of nitrogens with one attached hydrogen (secondary N) is 2. The number of hydrogen-bond donors (Lipinski definition) is 2. The van der Waals surface area contributed by atoms with Crippen molar-refractivity contribution >= 4 is 30.0 Å². The van der Waals surface area contributed by atoms with Crippen LogP contribution in [0.2, 0.25) is 0 Å². The third-order valence-corrected chi connectivity index (χ3v) is 2.35. The highest BCUT2D eigenvalue weighted by atomic mass is 16.2. The lowest BCUT2D eigenvalue weighted by atomic mass is 10.2. The second-order valence-corrected chi connectivity index (χ2v) is 3.70. The number of guanidine groups is 1. The SMILES string of the molecule is CC(=O)NC1=N[C@@H]2[C@@H](N=CN2C(C)=O)C(=O)N1. The zero-order chi connectivity index (χ0) is 12.6. The molecule has 0 radical (unpaired) electrons. The molecule has 8 nitrogen and oxygen atoms in total. The van der Waals surface area contributed by atoms with Crippen LogP contribution in [0.3, 0.4) is 0 Å². The van der Waals surface area contributed by atoms with E-state index in [9.17, 15) is 14.4 Å². The van der Waals surface area contributed by atoms with E-state index < -0.39 is 18.1 Å². The molecule has 0 bridgehead atoms. The topological polar surface area (TPSA) is 103 Å². The average molecular weight is 237 g/mol. The molecule has 0 aromatic heterocycles. The predicted molar refractivity (Wildman–Crippen MR) is 58.0 cm³/mol. The Labute approximate surface area is 96.8 Å². The highest BCUT2D eigenvalue weighted by Crippen LogP contribution is 2.18. The summed E-state index contributed by atoms with van der Waals surface area (Å²) in [7, 11) is 0. The molecule has 2 atom stereocenters. The van der Waals surface area contributed by atoms with Gasteiger partial charge >= 0.3 is 0 Å². The predicted octanol–water partition coefficient (Wildman–Crippen LogP) is -1.81. The molecule has 17 heavy (non-hydrogen) atoms. The monoisotopic (exact) mass is 237 g/mol. The second kappa shape index (κ2) is 3.96. The highest BCUT2D eigenvalue weighted by molar-refractivity contribution is 6.08. The summed E-state index contributed by atoms with van der Waals surface area (Å²) in [6.07, 6.45) is 0.584. The van der Waals surface area contributed by atoms with E-state index in [1.807, 2.05) is 0 Å². The van der Waals surface area contributed by atoms with Crippen molar-refractivity contribution in [3.05, 3.63) is 0 Å². The molecule has 0 aliphatic carbocycles. The summed E-state index contributed by atoms with van der Waals surface area (Å²) in [6, 6.07) is -0.739. The average Bonchev–Trinajstić information content (AvgIpc) is 2.60. The van der Waals surface area contributed by atoms with Gasteiger partial charge in [-0.1, -0.05) is 0 Å². The molecule has 0 spiro atoms. The van der Waals surface area contributed by atoms with Gasteiger partial charge in [-0.2, -0.15) is 0 Å². The maximum atomic E-state index is 11.6. The van der Waals surface area contributed by atoms with Crippen molar-refractivity contribution in [3.63, 3.8) is 0 Å². The molecule has 0 aromatic carbocycles. The maximum Gasteiger partial charge on any atom is 0.255 e. The van der Waals surface area contributed by atoms with Gasteiger partial charge in [0, 0.05) is 13.8 Å². The van der Waals surface area contributed by atoms with Gasteiger partial charge in [0.25, 0.3) is 5.91 Å². The van der Waals surface area contributed by atoms with Crippen LogP contribution in [0.4, 0.5) is 0 Å². The van der Waals surface area contributed by atoms with Crippen molar-refractivity contribution in [2.45, 2.75) is 26.1 Å². The van der Waals surface area contributed by atoms with E-state index in [1.54, 1.807) is 0 Å². The van der Waals surface area contributed by atoms with E-state index in [0.29, 0.717) is 0 Å². The fraction of sp³-hybridized carbons (Fsp3) is 0.444. The molecule has 2 N–H and O–H groups in total. The van der Waals surface area contributed by atoms with E-state index in [1.165, 1.54) is 25.1 Å². The summed E-state index contributed by atoms with van der Waals surface area (Å²) in [4.78, 5) is 43.0. The van der Waals surface area contributed by atoms with Crippen LogP contribution in [-0.2, 0) is 14.4 Å². The van der Waals surface area contributed by atoms with Gasteiger partial charge in [-0.25, -0.2) is 4.99 Å². The Hall–Kier alpha value is -2.25. The summed E-state index contributed by atoms with van der Waals surface area (Å²) < 4.78 is 0. The van der Waals surface area contributed by atoms with E-state index in [-0.39, 0.29) is 17.8 Å². The number of rotatable bonds is 0. The van der Waals surface area contributed by atoms with Gasteiger partial charge in [0.15, 0.2) is 12.2 Å². The zero-order valence-electron chi connectivity index (χ0n) is 9.30. The number of carbonyl (C=O) groups excluding carboxylic acids is 3. The molecule has 2 rings (SSSR count). The Morgan fingerprint density at radius 2 is 2.18 bits per heavy atom. The third kappa shape index (κ3) is 2.01. The van der Waals surface area contributed by atoms with Crippen molar-refractivity contribution in [1.29, 1.82) is 0 Å². The molecule has 2 aliphatic rings. The van der Waals surface area contributed by atoms with Crippen molar-refractivity contribution in [2.75, 3.05) is 0 Å². The van der Waals surface area contributed by atoms with Gasteiger partial charge < -0.3 is 0 Å². The molecule has 0 fully saturated rings. The normalized spacial score (nSPS) is 26.1. The van der Waals surface area contributed by atoms with Crippen molar-refractivity contribution in [3.8, 4) is 0 Å². The first-order chi connectivity index (χ1) is 7.99. The van der Waals surface area contributed by atoms with E-state index in [2.05, 4.69) is 20.6 Å². The lowest BCUT2D eigenvalue weighted by Gasteiger charge is -2.26. The maximum absolute atomic E-state index is 11.6. The van der Waals surface area contributed by atoms with Gasteiger partial charge in [0.1, 0.15) is 0 Å². The fourth-order valence-electron chi connectivity index (χ4n) is 1.63. The molecular formula is C9H11N5O3. The lowest BCUT2D eigenvalue weighted by molar-refractivity contribution is -0.127. The Morgan fingerprint density at radius 1 is 1.47 bits per heavy atom. The molecule has 0 aromatic rings. The van der Waals surface area contributed by atoms with Gasteiger partial charge in [-0.15, -0.1) is 0 Å². The summed E-state index contributed by atoms with van der Waals surface area (Å²) in [6.45, 7) is 2.66. The van der Waals surface area contributed by atoms with Crippen LogP contribution < -0.4 is 10.6 Å². The van der Waals surface area contributed by atoms with E-state index >= 15 is 0 Å². The van der Waals surface area contributed by atoms with E-state index in [0.717, 1.165) is 0 Å².